The van der Waals surface area contributed by atoms with Gasteiger partial charge in [-0.15, -0.1) is 0 Å². The Balaban J connectivity index is 2.01. The van der Waals surface area contributed by atoms with Crippen LogP contribution in [0.25, 0.3) is 0 Å². The molecule has 0 aliphatic heterocycles. The molecule has 0 unspecified atom stereocenters. The summed E-state index contributed by atoms with van der Waals surface area (Å²) >= 11 is 0. The summed E-state index contributed by atoms with van der Waals surface area (Å²) in [7, 11) is 0. The molecule has 2 N–H and O–H groups in total. The van der Waals surface area contributed by atoms with Gasteiger partial charge in [0.2, 0.25) is 0 Å². The summed E-state index contributed by atoms with van der Waals surface area (Å²) in [4.78, 5) is 11.6. The lowest BCUT2D eigenvalue weighted by Crippen LogP contribution is -2.27. The monoisotopic (exact) mass is 320 g/mol. The molecule has 0 spiro atoms. The highest BCUT2D eigenvalue weighted by Gasteiger charge is 2.16. The number of nitrogens with one attached hydrogen (secondary N) is 2. The predicted octanol–water partition coefficient (Wildman–Crippen LogP) is 5.06. The maximum atomic E-state index is 13.6. The number of anilines is 3. The number of ether oxygens (including phenoxy) is 1. The van der Waals surface area contributed by atoms with Crippen molar-refractivity contribution in [2.24, 2.45) is 0 Å². The van der Waals surface area contributed by atoms with Crippen LogP contribution in [-0.2, 0) is 4.74 Å². The van der Waals surface area contributed by atoms with Gasteiger partial charge in [0.25, 0.3) is 0 Å². The minimum Gasteiger partial charge on any atom is -0.444 e. The van der Waals surface area contributed by atoms with E-state index < -0.39 is 23.3 Å². The summed E-state index contributed by atoms with van der Waals surface area (Å²) in [5.74, 6) is -1.31. The molecule has 2 rings (SSSR count). The summed E-state index contributed by atoms with van der Waals surface area (Å²) in [6.45, 7) is 5.32. The first-order valence-electron chi connectivity index (χ1n) is 7.05. The molecule has 0 radical (unpaired) electrons. The molecule has 122 valence electrons. The van der Waals surface area contributed by atoms with Crippen LogP contribution in [0.15, 0.2) is 42.5 Å². The molecule has 0 aliphatic carbocycles. The summed E-state index contributed by atoms with van der Waals surface area (Å²) < 4.78 is 31.6. The Bertz CT molecular complexity index is 695. The Labute approximate surface area is 133 Å². The van der Waals surface area contributed by atoms with Crippen LogP contribution < -0.4 is 10.6 Å². The van der Waals surface area contributed by atoms with Crippen LogP contribution >= 0.6 is 0 Å². The first-order chi connectivity index (χ1) is 10.7. The van der Waals surface area contributed by atoms with E-state index in [0.717, 1.165) is 6.07 Å². The van der Waals surface area contributed by atoms with Crippen molar-refractivity contribution in [1.82, 2.24) is 0 Å². The zero-order chi connectivity index (χ0) is 17.0. The van der Waals surface area contributed by atoms with Gasteiger partial charge in [-0.3, -0.25) is 5.32 Å². The third kappa shape index (κ3) is 5.25. The molecular weight excluding hydrogens is 302 g/mol. The normalized spacial score (nSPS) is 11.0. The smallest absolute Gasteiger partial charge is 0.412 e. The molecule has 0 saturated carbocycles. The Morgan fingerprint density at radius 3 is 2.17 bits per heavy atom. The van der Waals surface area contributed by atoms with Crippen molar-refractivity contribution >= 4 is 23.2 Å². The van der Waals surface area contributed by atoms with E-state index >= 15 is 0 Å². The average molecular weight is 320 g/mol. The SMILES string of the molecule is CC(C)(C)OC(=O)Nc1ccc(Nc2ccc(F)cc2F)cc1. The lowest BCUT2D eigenvalue weighted by atomic mass is 10.2. The fraction of sp³-hybridized carbons (Fsp3) is 0.235. The van der Waals surface area contributed by atoms with E-state index in [1.165, 1.54) is 12.1 Å². The lowest BCUT2D eigenvalue weighted by Gasteiger charge is -2.19. The van der Waals surface area contributed by atoms with Crippen LogP contribution in [0.1, 0.15) is 20.8 Å². The lowest BCUT2D eigenvalue weighted by molar-refractivity contribution is 0.0636. The number of carbonyl (C=O) groups excluding carboxylic acids is 1. The maximum Gasteiger partial charge on any atom is 0.412 e. The van der Waals surface area contributed by atoms with E-state index in [4.69, 9.17) is 4.74 Å². The third-order valence-electron chi connectivity index (χ3n) is 2.74. The third-order valence-corrected chi connectivity index (χ3v) is 2.74. The fourth-order valence-electron chi connectivity index (χ4n) is 1.80. The van der Waals surface area contributed by atoms with E-state index in [9.17, 15) is 13.6 Å². The fourth-order valence-corrected chi connectivity index (χ4v) is 1.80. The van der Waals surface area contributed by atoms with E-state index in [1.54, 1.807) is 45.0 Å². The number of hydrogen-bond donors (Lipinski definition) is 2. The first kappa shape index (κ1) is 16.7. The van der Waals surface area contributed by atoms with Crippen molar-refractivity contribution in [3.05, 3.63) is 54.1 Å². The Kier molecular flexibility index (Phi) is 4.83. The molecule has 1 amide bonds. The molecule has 0 saturated heterocycles. The summed E-state index contributed by atoms with van der Waals surface area (Å²) in [5, 5.41) is 5.43. The maximum absolute atomic E-state index is 13.6. The van der Waals surface area contributed by atoms with Gasteiger partial charge in [0, 0.05) is 17.4 Å². The molecule has 2 aromatic carbocycles. The van der Waals surface area contributed by atoms with Crippen LogP contribution in [0, 0.1) is 11.6 Å². The molecule has 4 nitrogen and oxygen atoms in total. The van der Waals surface area contributed by atoms with Gasteiger partial charge in [-0.2, -0.15) is 0 Å². The van der Waals surface area contributed by atoms with Gasteiger partial charge < -0.3 is 10.1 Å². The highest BCUT2D eigenvalue weighted by atomic mass is 19.1. The number of hydrogen-bond acceptors (Lipinski definition) is 3. The number of benzene rings is 2. The van der Waals surface area contributed by atoms with Gasteiger partial charge in [0.05, 0.1) is 5.69 Å². The van der Waals surface area contributed by atoms with Crippen molar-refractivity contribution < 1.29 is 18.3 Å². The van der Waals surface area contributed by atoms with Gasteiger partial charge in [0.1, 0.15) is 17.2 Å². The van der Waals surface area contributed by atoms with Crippen molar-refractivity contribution in [1.29, 1.82) is 0 Å². The highest BCUT2D eigenvalue weighted by Crippen LogP contribution is 2.22. The minimum atomic E-state index is -0.680. The van der Waals surface area contributed by atoms with Crippen molar-refractivity contribution in [3.63, 3.8) is 0 Å². The quantitative estimate of drug-likeness (QED) is 0.831. The first-order valence-corrected chi connectivity index (χ1v) is 7.05. The van der Waals surface area contributed by atoms with Gasteiger partial charge in [0.15, 0.2) is 0 Å². The second kappa shape index (κ2) is 6.64. The topological polar surface area (TPSA) is 50.4 Å². The molecule has 2 aromatic rings. The zero-order valence-corrected chi connectivity index (χ0v) is 13.1. The summed E-state index contributed by atoms with van der Waals surface area (Å²) in [6.07, 6.45) is -0.553. The zero-order valence-electron chi connectivity index (χ0n) is 13.1. The Morgan fingerprint density at radius 1 is 1.00 bits per heavy atom. The summed E-state index contributed by atoms with van der Waals surface area (Å²) in [6, 6.07) is 9.91. The van der Waals surface area contributed by atoms with Crippen LogP contribution in [0.5, 0.6) is 0 Å². The molecule has 6 heteroatoms. The Morgan fingerprint density at radius 2 is 1.61 bits per heavy atom. The minimum absolute atomic E-state index is 0.166. The van der Waals surface area contributed by atoms with Crippen LogP contribution in [-0.4, -0.2) is 11.7 Å². The van der Waals surface area contributed by atoms with Crippen molar-refractivity contribution in [2.75, 3.05) is 10.6 Å². The van der Waals surface area contributed by atoms with Crippen LogP contribution in [0.2, 0.25) is 0 Å². The van der Waals surface area contributed by atoms with Gasteiger partial charge in [-0.1, -0.05) is 0 Å². The molecule has 23 heavy (non-hydrogen) atoms. The van der Waals surface area contributed by atoms with Gasteiger partial charge >= 0.3 is 6.09 Å². The van der Waals surface area contributed by atoms with Crippen molar-refractivity contribution in [3.8, 4) is 0 Å². The standard InChI is InChI=1S/C17H18F2N2O2/c1-17(2,3)23-16(22)21-13-7-5-12(6-8-13)20-15-9-4-11(18)10-14(15)19/h4-10,20H,1-3H3,(H,21,22). The average Bonchev–Trinajstić information content (AvgIpc) is 2.42. The second-order valence-electron chi connectivity index (χ2n) is 5.95. The number of halogens is 2. The molecule has 0 atom stereocenters. The molecule has 0 aromatic heterocycles. The molecule has 0 heterocycles. The Hall–Kier alpha value is -2.63. The predicted molar refractivity (Wildman–Crippen MR) is 85.9 cm³/mol. The molecule has 0 bridgehead atoms. The van der Waals surface area contributed by atoms with Gasteiger partial charge in [-0.25, -0.2) is 13.6 Å². The molecule has 0 fully saturated rings. The van der Waals surface area contributed by atoms with E-state index in [-0.39, 0.29) is 5.69 Å². The van der Waals surface area contributed by atoms with Crippen molar-refractivity contribution in [2.45, 2.75) is 26.4 Å². The van der Waals surface area contributed by atoms with E-state index in [1.807, 2.05) is 0 Å². The largest absolute Gasteiger partial charge is 0.444 e. The van der Waals surface area contributed by atoms with Crippen LogP contribution in [0.3, 0.4) is 0 Å². The van der Waals surface area contributed by atoms with Crippen LogP contribution in [0.4, 0.5) is 30.6 Å². The van der Waals surface area contributed by atoms with Gasteiger partial charge in [-0.05, 0) is 57.2 Å². The number of carbonyl (C=O) groups is 1. The number of rotatable bonds is 3. The highest BCUT2D eigenvalue weighted by molar-refractivity contribution is 5.85. The molecule has 0 aliphatic rings. The second-order valence-corrected chi connectivity index (χ2v) is 5.95. The number of amides is 1. The van der Waals surface area contributed by atoms with E-state index in [0.29, 0.717) is 11.4 Å². The molecular formula is C17H18F2N2O2. The summed E-state index contributed by atoms with van der Waals surface area (Å²) in [5.41, 5.74) is 0.736. The van der Waals surface area contributed by atoms with E-state index in [2.05, 4.69) is 10.6 Å².